The number of rotatable bonds is 9. The molecule has 36 heavy (non-hydrogen) atoms. The van der Waals surface area contributed by atoms with Gasteiger partial charge in [0.15, 0.2) is 23.0 Å². The van der Waals surface area contributed by atoms with E-state index in [2.05, 4.69) is 5.32 Å². The molecule has 0 bridgehead atoms. The van der Waals surface area contributed by atoms with Gasteiger partial charge >= 0.3 is 0 Å². The lowest BCUT2D eigenvalue weighted by molar-refractivity contribution is -0.123. The van der Waals surface area contributed by atoms with E-state index in [1.54, 1.807) is 54.6 Å². The normalized spacial score (nSPS) is 14.2. The summed E-state index contributed by atoms with van der Waals surface area (Å²) in [6.07, 6.45) is 5.25. The van der Waals surface area contributed by atoms with Crippen LogP contribution in [0.25, 0.3) is 0 Å². The van der Waals surface area contributed by atoms with E-state index in [0.29, 0.717) is 28.3 Å². The van der Waals surface area contributed by atoms with Crippen LogP contribution in [0.15, 0.2) is 65.3 Å². The van der Waals surface area contributed by atoms with Crippen LogP contribution in [0.4, 0.5) is 5.69 Å². The van der Waals surface area contributed by atoms with Crippen LogP contribution in [0.1, 0.15) is 65.1 Å². The van der Waals surface area contributed by atoms with Crippen molar-refractivity contribution in [3.05, 3.63) is 77.7 Å². The van der Waals surface area contributed by atoms with E-state index in [1.807, 2.05) is 0 Å². The summed E-state index contributed by atoms with van der Waals surface area (Å²) >= 11 is 0. The molecular weight excluding hydrogens is 460 g/mol. The summed E-state index contributed by atoms with van der Waals surface area (Å²) < 4.78 is 16.6. The molecule has 0 spiro atoms. The summed E-state index contributed by atoms with van der Waals surface area (Å²) in [6, 6.07) is 13.9. The number of amides is 2. The molecule has 1 N–H and O–H groups in total. The number of nitrogens with one attached hydrogen (secondary N) is 1. The zero-order chi connectivity index (χ0) is 25.7. The molecule has 1 fully saturated rings. The highest BCUT2D eigenvalue weighted by Crippen LogP contribution is 2.40. The first-order valence-electron chi connectivity index (χ1n) is 11.9. The number of ketones is 1. The van der Waals surface area contributed by atoms with Crippen molar-refractivity contribution >= 4 is 23.3 Å². The van der Waals surface area contributed by atoms with E-state index in [-0.39, 0.29) is 23.5 Å². The maximum absolute atomic E-state index is 13.9. The molecule has 1 aliphatic rings. The first kappa shape index (κ1) is 25.0. The van der Waals surface area contributed by atoms with Crippen LogP contribution < -0.4 is 19.7 Å². The Hall–Kier alpha value is -4.07. The Morgan fingerprint density at radius 1 is 0.972 bits per heavy atom. The molecule has 4 rings (SSSR count). The Labute approximate surface area is 210 Å². The van der Waals surface area contributed by atoms with Gasteiger partial charge in [-0.15, -0.1) is 0 Å². The molecule has 1 saturated carbocycles. The SMILES string of the molecule is COc1cccc([C@H](C(=O)NC2CCCC2)N(C(=O)c2ccco2)c2ccc(C(C)=O)cc2)c1OC. The van der Waals surface area contributed by atoms with Crippen molar-refractivity contribution in [3.63, 3.8) is 0 Å². The fourth-order valence-corrected chi connectivity index (χ4v) is 4.63. The molecule has 0 aliphatic heterocycles. The van der Waals surface area contributed by atoms with E-state index < -0.39 is 11.9 Å². The second kappa shape index (κ2) is 11.1. The number of hydrogen-bond acceptors (Lipinski definition) is 6. The highest BCUT2D eigenvalue weighted by molar-refractivity contribution is 6.09. The van der Waals surface area contributed by atoms with Gasteiger partial charge in [-0.1, -0.05) is 25.0 Å². The highest BCUT2D eigenvalue weighted by atomic mass is 16.5. The van der Waals surface area contributed by atoms with Gasteiger partial charge in [0, 0.05) is 22.9 Å². The molecule has 188 valence electrons. The van der Waals surface area contributed by atoms with Crippen LogP contribution >= 0.6 is 0 Å². The van der Waals surface area contributed by atoms with E-state index in [4.69, 9.17) is 13.9 Å². The van der Waals surface area contributed by atoms with Gasteiger partial charge < -0.3 is 19.2 Å². The summed E-state index contributed by atoms with van der Waals surface area (Å²) in [5.41, 5.74) is 1.39. The lowest BCUT2D eigenvalue weighted by Crippen LogP contribution is -2.46. The topological polar surface area (TPSA) is 98.1 Å². The van der Waals surface area contributed by atoms with Crippen LogP contribution in [0, 0.1) is 0 Å². The van der Waals surface area contributed by atoms with E-state index in [9.17, 15) is 14.4 Å². The molecule has 0 saturated heterocycles. The molecule has 1 aromatic heterocycles. The number of hydrogen-bond donors (Lipinski definition) is 1. The number of para-hydroxylation sites is 1. The quantitative estimate of drug-likeness (QED) is 0.427. The van der Waals surface area contributed by atoms with Crippen LogP contribution in [-0.4, -0.2) is 37.9 Å². The molecule has 8 nitrogen and oxygen atoms in total. The Kier molecular flexibility index (Phi) is 7.73. The summed E-state index contributed by atoms with van der Waals surface area (Å²) in [5.74, 6) is -0.0900. The average molecular weight is 491 g/mol. The smallest absolute Gasteiger partial charge is 0.294 e. The minimum Gasteiger partial charge on any atom is -0.493 e. The van der Waals surface area contributed by atoms with Crippen molar-refractivity contribution in [1.82, 2.24) is 5.32 Å². The predicted octanol–water partition coefficient (Wildman–Crippen LogP) is 4.95. The number of carbonyl (C=O) groups excluding carboxylic acids is 3. The van der Waals surface area contributed by atoms with Crippen molar-refractivity contribution in [1.29, 1.82) is 0 Å². The predicted molar refractivity (Wildman–Crippen MR) is 135 cm³/mol. The standard InChI is InChI=1S/C28H30N2O6/c1-18(31)19-13-15-21(16-14-19)30(28(33)24-12-7-17-36-24)25(27(32)29-20-8-4-5-9-20)22-10-6-11-23(34-2)26(22)35-3/h6-7,10-17,20,25H,4-5,8-9H2,1-3H3,(H,29,32)/t25-/m1/s1. The number of furan rings is 1. The molecule has 8 heteroatoms. The van der Waals surface area contributed by atoms with Crippen LogP contribution in [-0.2, 0) is 4.79 Å². The fraction of sp³-hybridized carbons (Fsp3) is 0.321. The molecular formula is C28H30N2O6. The Morgan fingerprint density at radius 3 is 2.28 bits per heavy atom. The van der Waals surface area contributed by atoms with Crippen molar-refractivity contribution in [2.45, 2.75) is 44.7 Å². The minimum atomic E-state index is -1.10. The number of Topliss-reactive ketones (excluding diaryl/α,β-unsaturated/α-hetero) is 1. The van der Waals surface area contributed by atoms with Gasteiger partial charge in [-0.2, -0.15) is 0 Å². The summed E-state index contributed by atoms with van der Waals surface area (Å²) in [4.78, 5) is 41.0. The third-order valence-corrected chi connectivity index (χ3v) is 6.44. The van der Waals surface area contributed by atoms with E-state index in [0.717, 1.165) is 25.7 Å². The average Bonchev–Trinajstić information content (AvgIpc) is 3.61. The molecule has 1 atom stereocenters. The van der Waals surface area contributed by atoms with Gasteiger partial charge in [0.1, 0.15) is 6.04 Å². The van der Waals surface area contributed by atoms with Crippen LogP contribution in [0.2, 0.25) is 0 Å². The van der Waals surface area contributed by atoms with Crippen molar-refractivity contribution in [2.24, 2.45) is 0 Å². The summed E-state index contributed by atoms with van der Waals surface area (Å²) in [7, 11) is 3.01. The third-order valence-electron chi connectivity index (χ3n) is 6.44. The van der Waals surface area contributed by atoms with Gasteiger partial charge in [0.2, 0.25) is 5.91 Å². The van der Waals surface area contributed by atoms with Gasteiger partial charge in [-0.3, -0.25) is 19.3 Å². The number of benzene rings is 2. The maximum Gasteiger partial charge on any atom is 0.294 e. The lowest BCUT2D eigenvalue weighted by atomic mass is 9.99. The van der Waals surface area contributed by atoms with Crippen LogP contribution in [0.3, 0.4) is 0 Å². The molecule has 3 aromatic rings. The molecule has 1 heterocycles. The Bertz CT molecular complexity index is 1210. The molecule has 0 unspecified atom stereocenters. The molecule has 2 aromatic carbocycles. The zero-order valence-electron chi connectivity index (χ0n) is 20.7. The van der Waals surface area contributed by atoms with Crippen molar-refractivity contribution in [2.75, 3.05) is 19.1 Å². The highest BCUT2D eigenvalue weighted by Gasteiger charge is 2.38. The van der Waals surface area contributed by atoms with Crippen LogP contribution in [0.5, 0.6) is 11.5 Å². The lowest BCUT2D eigenvalue weighted by Gasteiger charge is -2.32. The number of methoxy groups -OCH3 is 2. The largest absolute Gasteiger partial charge is 0.493 e. The molecule has 0 radical (unpaired) electrons. The zero-order valence-corrected chi connectivity index (χ0v) is 20.7. The van der Waals surface area contributed by atoms with Gasteiger partial charge in [0.25, 0.3) is 5.91 Å². The van der Waals surface area contributed by atoms with E-state index >= 15 is 0 Å². The monoisotopic (exact) mass is 490 g/mol. The van der Waals surface area contributed by atoms with Gasteiger partial charge in [-0.25, -0.2) is 0 Å². The molecule has 1 aliphatic carbocycles. The first-order valence-corrected chi connectivity index (χ1v) is 11.9. The Balaban J connectivity index is 1.89. The molecule has 2 amide bonds. The fourth-order valence-electron chi connectivity index (χ4n) is 4.63. The number of nitrogens with zero attached hydrogens (tertiary/aromatic N) is 1. The first-order chi connectivity index (χ1) is 17.4. The maximum atomic E-state index is 13.9. The summed E-state index contributed by atoms with van der Waals surface area (Å²) in [6.45, 7) is 1.47. The number of carbonyl (C=O) groups is 3. The van der Waals surface area contributed by atoms with Crippen molar-refractivity contribution < 1.29 is 28.3 Å². The van der Waals surface area contributed by atoms with Gasteiger partial charge in [0.05, 0.1) is 20.5 Å². The second-order valence-corrected chi connectivity index (χ2v) is 8.73. The van der Waals surface area contributed by atoms with E-state index in [1.165, 1.54) is 32.3 Å². The number of ether oxygens (including phenoxy) is 2. The summed E-state index contributed by atoms with van der Waals surface area (Å²) in [5, 5.41) is 3.13. The minimum absolute atomic E-state index is 0.0252. The number of anilines is 1. The second-order valence-electron chi connectivity index (χ2n) is 8.73. The van der Waals surface area contributed by atoms with Gasteiger partial charge in [-0.05, 0) is 62.2 Å². The van der Waals surface area contributed by atoms with Crippen molar-refractivity contribution in [3.8, 4) is 11.5 Å². The third kappa shape index (κ3) is 5.12. The Morgan fingerprint density at radius 2 is 1.69 bits per heavy atom.